The number of esters is 1. The summed E-state index contributed by atoms with van der Waals surface area (Å²) in [5, 5.41) is 21.8. The lowest BCUT2D eigenvalue weighted by atomic mass is 9.88. The predicted octanol–water partition coefficient (Wildman–Crippen LogP) is 4.64. The van der Waals surface area contributed by atoms with Crippen LogP contribution in [0.5, 0.6) is 11.5 Å². The van der Waals surface area contributed by atoms with Crippen molar-refractivity contribution in [1.29, 1.82) is 0 Å². The molecule has 2 aromatic carbocycles. The van der Waals surface area contributed by atoms with Gasteiger partial charge < -0.3 is 24.5 Å². The molecule has 3 N–H and O–H groups in total. The Morgan fingerprint density at radius 2 is 1.91 bits per heavy atom. The maximum atomic E-state index is 13.6. The molecule has 176 valence electrons. The van der Waals surface area contributed by atoms with Crippen molar-refractivity contribution in [2.75, 3.05) is 7.11 Å². The summed E-state index contributed by atoms with van der Waals surface area (Å²) < 4.78 is 6.43. The smallest absolute Gasteiger partial charge is 0.306 e. The van der Waals surface area contributed by atoms with Crippen LogP contribution < -0.4 is 5.56 Å². The number of methoxy groups -OCH3 is 1. The molecule has 4 aromatic rings. The number of H-pyrrole nitrogens is 1. The maximum Gasteiger partial charge on any atom is 0.306 e. The van der Waals surface area contributed by atoms with Crippen LogP contribution >= 0.6 is 11.6 Å². The molecule has 0 amide bonds. The minimum atomic E-state index is -0.807. The Bertz CT molecular complexity index is 1420. The summed E-state index contributed by atoms with van der Waals surface area (Å²) in [7, 11) is 1.26. The Balaban J connectivity index is 1.76. The van der Waals surface area contributed by atoms with Gasteiger partial charge in [0.2, 0.25) is 0 Å². The molecule has 1 unspecified atom stereocenters. The van der Waals surface area contributed by atoms with Crippen LogP contribution in [0, 0.1) is 6.92 Å². The Morgan fingerprint density at radius 1 is 1.15 bits per heavy atom. The SMILES string of the molecule is COC(=O)CC(c1ccc(O)c(Cl)c1)c1c(O)cc(C)n(CCc2c[nH]c3ccccc23)c1=O. The summed E-state index contributed by atoms with van der Waals surface area (Å²) >= 11 is 6.09. The fraction of sp³-hybridized carbons (Fsp3) is 0.231. The first kappa shape index (κ1) is 23.4. The van der Waals surface area contributed by atoms with Crippen LogP contribution in [0.25, 0.3) is 10.9 Å². The predicted molar refractivity (Wildman–Crippen MR) is 131 cm³/mol. The van der Waals surface area contributed by atoms with Crippen LogP contribution in [-0.4, -0.2) is 32.8 Å². The average Bonchev–Trinajstić information content (AvgIpc) is 3.23. The van der Waals surface area contributed by atoms with E-state index >= 15 is 0 Å². The van der Waals surface area contributed by atoms with E-state index in [0.717, 1.165) is 16.5 Å². The maximum absolute atomic E-state index is 13.6. The molecule has 2 heterocycles. The van der Waals surface area contributed by atoms with E-state index in [1.807, 2.05) is 30.5 Å². The first-order valence-corrected chi connectivity index (χ1v) is 11.2. The first-order valence-electron chi connectivity index (χ1n) is 10.8. The molecule has 7 nitrogen and oxygen atoms in total. The third-order valence-corrected chi connectivity index (χ3v) is 6.43. The molecule has 1 atom stereocenters. The second kappa shape index (κ2) is 9.65. The van der Waals surface area contributed by atoms with Crippen LogP contribution in [0.3, 0.4) is 0 Å². The zero-order chi connectivity index (χ0) is 24.4. The Hall–Kier alpha value is -3.71. The number of carbonyl (C=O) groups excluding carboxylic acids is 1. The number of aromatic hydroxyl groups is 2. The van der Waals surface area contributed by atoms with Crippen molar-refractivity contribution in [3.05, 3.63) is 92.5 Å². The van der Waals surface area contributed by atoms with Gasteiger partial charge in [-0.15, -0.1) is 0 Å². The normalized spacial score (nSPS) is 12.1. The highest BCUT2D eigenvalue weighted by Crippen LogP contribution is 2.35. The van der Waals surface area contributed by atoms with Gasteiger partial charge in [0, 0.05) is 35.3 Å². The van der Waals surface area contributed by atoms with E-state index in [9.17, 15) is 19.8 Å². The van der Waals surface area contributed by atoms with Crippen molar-refractivity contribution in [3.63, 3.8) is 0 Å². The van der Waals surface area contributed by atoms with Crippen molar-refractivity contribution in [1.82, 2.24) is 9.55 Å². The number of halogens is 1. The summed E-state index contributed by atoms with van der Waals surface area (Å²) in [4.78, 5) is 29.1. The highest BCUT2D eigenvalue weighted by Gasteiger charge is 2.27. The molecule has 34 heavy (non-hydrogen) atoms. The number of hydrogen-bond acceptors (Lipinski definition) is 5. The number of aromatic amines is 1. The van der Waals surface area contributed by atoms with Gasteiger partial charge in [0.05, 0.1) is 24.1 Å². The van der Waals surface area contributed by atoms with Gasteiger partial charge in [-0.25, -0.2) is 0 Å². The second-order valence-electron chi connectivity index (χ2n) is 8.19. The summed E-state index contributed by atoms with van der Waals surface area (Å²) in [6.07, 6.45) is 2.36. The zero-order valence-corrected chi connectivity index (χ0v) is 19.6. The van der Waals surface area contributed by atoms with E-state index < -0.39 is 17.4 Å². The highest BCUT2D eigenvalue weighted by atomic mass is 35.5. The number of phenolic OH excluding ortho intramolecular Hbond substituents is 1. The Labute approximate surface area is 201 Å². The number of carbonyl (C=O) groups is 1. The van der Waals surface area contributed by atoms with Crippen molar-refractivity contribution >= 4 is 28.5 Å². The van der Waals surface area contributed by atoms with Gasteiger partial charge >= 0.3 is 5.97 Å². The summed E-state index contributed by atoms with van der Waals surface area (Å²) in [5.41, 5.74) is 2.90. The lowest BCUT2D eigenvalue weighted by Gasteiger charge is -2.21. The van der Waals surface area contributed by atoms with Crippen LogP contribution in [-0.2, 0) is 22.5 Å². The van der Waals surface area contributed by atoms with Crippen LogP contribution in [0.1, 0.15) is 34.7 Å². The Kier molecular flexibility index (Phi) is 6.65. The average molecular weight is 481 g/mol. The molecule has 0 saturated heterocycles. The second-order valence-corrected chi connectivity index (χ2v) is 8.60. The topological polar surface area (TPSA) is 105 Å². The number of phenols is 1. The monoisotopic (exact) mass is 480 g/mol. The lowest BCUT2D eigenvalue weighted by Crippen LogP contribution is -2.29. The highest BCUT2D eigenvalue weighted by molar-refractivity contribution is 6.32. The molecule has 0 aliphatic rings. The van der Waals surface area contributed by atoms with Crippen molar-refractivity contribution in [3.8, 4) is 11.5 Å². The number of nitrogens with zero attached hydrogens (tertiary/aromatic N) is 1. The first-order chi connectivity index (χ1) is 16.3. The number of hydrogen-bond donors (Lipinski definition) is 3. The number of fused-ring (bicyclic) bond motifs is 1. The minimum Gasteiger partial charge on any atom is -0.507 e. The molecule has 0 bridgehead atoms. The number of ether oxygens (including phenoxy) is 1. The molecule has 8 heteroatoms. The molecule has 0 spiro atoms. The van der Waals surface area contributed by atoms with Crippen molar-refractivity contribution < 1.29 is 19.7 Å². The number of aromatic nitrogens is 2. The van der Waals surface area contributed by atoms with Gasteiger partial charge in [0.15, 0.2) is 0 Å². The number of para-hydroxylation sites is 1. The fourth-order valence-corrected chi connectivity index (χ4v) is 4.51. The van der Waals surface area contributed by atoms with E-state index in [1.54, 1.807) is 17.6 Å². The van der Waals surface area contributed by atoms with Gasteiger partial charge in [-0.05, 0) is 48.7 Å². The van der Waals surface area contributed by atoms with Crippen molar-refractivity contribution in [2.45, 2.75) is 32.2 Å². The van der Waals surface area contributed by atoms with Crippen LogP contribution in [0.2, 0.25) is 5.02 Å². The minimum absolute atomic E-state index is 0.0803. The Morgan fingerprint density at radius 3 is 2.65 bits per heavy atom. The summed E-state index contributed by atoms with van der Waals surface area (Å²) in [6.45, 7) is 2.15. The number of rotatable bonds is 7. The number of nitrogens with one attached hydrogen (secondary N) is 1. The number of benzene rings is 2. The molecule has 0 aliphatic carbocycles. The van der Waals surface area contributed by atoms with E-state index in [-0.39, 0.29) is 28.5 Å². The van der Waals surface area contributed by atoms with Gasteiger partial charge in [0.25, 0.3) is 5.56 Å². The van der Waals surface area contributed by atoms with Gasteiger partial charge in [-0.2, -0.15) is 0 Å². The van der Waals surface area contributed by atoms with E-state index in [4.69, 9.17) is 16.3 Å². The van der Waals surface area contributed by atoms with Crippen LogP contribution in [0.15, 0.2) is 59.5 Å². The molecule has 0 radical (unpaired) electrons. The van der Waals surface area contributed by atoms with E-state index in [2.05, 4.69) is 4.98 Å². The molecular formula is C26H25ClN2O5. The molecule has 0 fully saturated rings. The standard InChI is InChI=1S/C26H25ClN2O5/c1-15-11-23(31)25(19(13-24(32)34-2)16-7-8-22(30)20(27)12-16)26(33)29(15)10-9-17-14-28-21-6-4-3-5-18(17)21/h3-8,11-12,14,19,28,30-31H,9-10,13H2,1-2H3. The van der Waals surface area contributed by atoms with E-state index in [1.165, 1.54) is 25.3 Å². The third-order valence-electron chi connectivity index (χ3n) is 6.12. The van der Waals surface area contributed by atoms with Crippen molar-refractivity contribution in [2.24, 2.45) is 0 Å². The van der Waals surface area contributed by atoms with Crippen LogP contribution in [0.4, 0.5) is 0 Å². The molecule has 0 aliphatic heterocycles. The third kappa shape index (κ3) is 4.52. The quantitative estimate of drug-likeness (QED) is 0.334. The number of aryl methyl sites for hydroxylation is 2. The summed E-state index contributed by atoms with van der Waals surface area (Å²) in [6, 6.07) is 13.9. The fourth-order valence-electron chi connectivity index (χ4n) is 4.32. The molecule has 2 aromatic heterocycles. The molecule has 4 rings (SSSR count). The number of pyridine rings is 1. The van der Waals surface area contributed by atoms with E-state index in [0.29, 0.717) is 24.2 Å². The largest absolute Gasteiger partial charge is 0.507 e. The molecule has 0 saturated carbocycles. The summed E-state index contributed by atoms with van der Waals surface area (Å²) in [5.74, 6) is -1.67. The van der Waals surface area contributed by atoms with Gasteiger partial charge in [-0.3, -0.25) is 9.59 Å². The van der Waals surface area contributed by atoms with Gasteiger partial charge in [-0.1, -0.05) is 35.9 Å². The van der Waals surface area contributed by atoms with Gasteiger partial charge in [0.1, 0.15) is 11.5 Å². The zero-order valence-electron chi connectivity index (χ0n) is 18.8. The molecular weight excluding hydrogens is 456 g/mol. The lowest BCUT2D eigenvalue weighted by molar-refractivity contribution is -0.140.